The number of benzene rings is 1. The third-order valence-corrected chi connectivity index (χ3v) is 5.42. The van der Waals surface area contributed by atoms with Crippen molar-refractivity contribution in [2.75, 3.05) is 30.7 Å². The molecule has 2 aromatic rings. The summed E-state index contributed by atoms with van der Waals surface area (Å²) in [4.78, 5) is 18.5. The van der Waals surface area contributed by atoms with Gasteiger partial charge in [0.1, 0.15) is 17.7 Å². The van der Waals surface area contributed by atoms with Gasteiger partial charge in [0.2, 0.25) is 16.2 Å². The quantitative estimate of drug-likeness (QED) is 0.725. The average Bonchev–Trinajstić information content (AvgIpc) is 3.06. The highest BCUT2D eigenvalue weighted by Gasteiger charge is 2.22. The summed E-state index contributed by atoms with van der Waals surface area (Å²) in [7, 11) is 0. The number of nitrogens with one attached hydrogen (secondary N) is 1. The second-order valence-electron chi connectivity index (χ2n) is 5.91. The summed E-state index contributed by atoms with van der Waals surface area (Å²) in [6.45, 7) is 3.94. The van der Waals surface area contributed by atoms with Crippen molar-refractivity contribution in [3.05, 3.63) is 30.1 Å². The van der Waals surface area contributed by atoms with Crippen molar-refractivity contribution in [2.45, 2.75) is 31.0 Å². The predicted octanol–water partition coefficient (Wildman–Crippen LogP) is 3.27. The summed E-state index contributed by atoms with van der Waals surface area (Å²) < 4.78 is 23.0. The number of likely N-dealkylation sites (tertiary alicyclic amines) is 1. The Bertz CT molecular complexity index is 718. The highest BCUT2D eigenvalue weighted by Crippen LogP contribution is 2.21. The largest absolute Gasteiger partial charge is 0.490 e. The summed E-state index contributed by atoms with van der Waals surface area (Å²) in [5.41, 5.74) is 0. The van der Waals surface area contributed by atoms with E-state index in [-0.39, 0.29) is 17.8 Å². The van der Waals surface area contributed by atoms with Crippen LogP contribution in [0.3, 0.4) is 0 Å². The van der Waals surface area contributed by atoms with E-state index in [1.807, 2.05) is 6.92 Å². The third kappa shape index (κ3) is 5.65. The first-order valence-electron chi connectivity index (χ1n) is 8.53. The molecule has 1 amide bonds. The summed E-state index contributed by atoms with van der Waals surface area (Å²) in [6, 6.07) is 6.07. The Morgan fingerprint density at radius 3 is 2.81 bits per heavy atom. The van der Waals surface area contributed by atoms with Gasteiger partial charge in [-0.25, -0.2) is 4.39 Å². The topological polar surface area (TPSA) is 67.4 Å². The minimum absolute atomic E-state index is 0.0768. The maximum absolute atomic E-state index is 12.9. The average molecular weight is 397 g/mol. The number of ether oxygens (including phenoxy) is 1. The molecule has 0 bridgehead atoms. The highest BCUT2D eigenvalue weighted by atomic mass is 32.2. The van der Waals surface area contributed by atoms with Crippen molar-refractivity contribution >= 4 is 34.3 Å². The number of anilines is 1. The van der Waals surface area contributed by atoms with Crippen molar-refractivity contribution in [1.29, 1.82) is 0 Å². The van der Waals surface area contributed by atoms with Crippen molar-refractivity contribution in [1.82, 2.24) is 14.3 Å². The molecular weight excluding hydrogens is 375 g/mol. The molecule has 6 nitrogen and oxygen atoms in total. The fraction of sp³-hybridized carbons (Fsp3) is 0.471. The minimum atomic E-state index is -0.269. The van der Waals surface area contributed by atoms with E-state index in [2.05, 4.69) is 19.6 Å². The number of rotatable bonds is 7. The molecule has 2 heterocycles. The van der Waals surface area contributed by atoms with Crippen LogP contribution in [0.15, 0.2) is 29.4 Å². The smallest absolute Gasteiger partial charge is 0.240 e. The number of piperidine rings is 1. The fourth-order valence-corrected chi connectivity index (χ4v) is 3.99. The lowest BCUT2D eigenvalue weighted by atomic mass is 10.1. The molecule has 0 saturated carbocycles. The van der Waals surface area contributed by atoms with Crippen LogP contribution in [0.5, 0.6) is 5.75 Å². The van der Waals surface area contributed by atoms with Crippen LogP contribution in [0.4, 0.5) is 9.52 Å². The Kier molecular flexibility index (Phi) is 6.81. The Morgan fingerprint density at radius 2 is 2.12 bits per heavy atom. The molecule has 1 fully saturated rings. The van der Waals surface area contributed by atoms with E-state index in [1.165, 1.54) is 23.7 Å². The van der Waals surface area contributed by atoms with Crippen molar-refractivity contribution in [2.24, 2.45) is 0 Å². The molecule has 0 unspecified atom stereocenters. The maximum atomic E-state index is 12.9. The number of nitrogens with zero attached hydrogens (tertiary/aromatic N) is 3. The van der Waals surface area contributed by atoms with Gasteiger partial charge in [-0.3, -0.25) is 15.0 Å². The highest BCUT2D eigenvalue weighted by molar-refractivity contribution is 7.99. The second kappa shape index (κ2) is 9.29. The van der Waals surface area contributed by atoms with Crippen LogP contribution in [0.2, 0.25) is 0 Å². The number of carbonyl (C=O) groups excluding carboxylic acids is 1. The molecule has 9 heteroatoms. The zero-order valence-corrected chi connectivity index (χ0v) is 16.1. The Morgan fingerprint density at radius 1 is 1.38 bits per heavy atom. The standard InChI is InChI=1S/C17H21FN4O2S2/c1-2-25-17-20-16(26-21-17)19-15(23)11-22-9-7-14(8-10-22)24-13-5-3-12(18)4-6-13/h3-6,14H,2,7-11H2,1H3,(H,19,20,21,23). The van der Waals surface area contributed by atoms with E-state index >= 15 is 0 Å². The molecule has 26 heavy (non-hydrogen) atoms. The fourth-order valence-electron chi connectivity index (χ4n) is 2.70. The van der Waals surface area contributed by atoms with Gasteiger partial charge in [-0.1, -0.05) is 18.7 Å². The Hall–Kier alpha value is -1.71. The molecule has 1 saturated heterocycles. The van der Waals surface area contributed by atoms with Crippen LogP contribution < -0.4 is 10.1 Å². The van der Waals surface area contributed by atoms with Crippen LogP contribution in [-0.4, -0.2) is 51.7 Å². The van der Waals surface area contributed by atoms with Crippen LogP contribution >= 0.6 is 23.3 Å². The second-order valence-corrected chi connectivity index (χ2v) is 7.89. The Balaban J connectivity index is 1.40. The zero-order valence-electron chi connectivity index (χ0n) is 14.5. The van der Waals surface area contributed by atoms with Crippen LogP contribution in [0.1, 0.15) is 19.8 Å². The van der Waals surface area contributed by atoms with Gasteiger partial charge < -0.3 is 4.74 Å². The molecule has 1 aliphatic heterocycles. The number of aromatic nitrogens is 2. The van der Waals surface area contributed by atoms with E-state index in [4.69, 9.17) is 4.74 Å². The molecule has 3 rings (SSSR count). The summed E-state index contributed by atoms with van der Waals surface area (Å²) in [5.74, 6) is 1.24. The van der Waals surface area contributed by atoms with Gasteiger partial charge in [0.15, 0.2) is 0 Å². The first-order chi connectivity index (χ1) is 12.6. The van der Waals surface area contributed by atoms with Gasteiger partial charge in [-0.2, -0.15) is 9.36 Å². The molecular formula is C17H21FN4O2S2. The number of halogens is 1. The van der Waals surface area contributed by atoms with Gasteiger partial charge in [0, 0.05) is 24.6 Å². The maximum Gasteiger partial charge on any atom is 0.240 e. The molecule has 1 aliphatic rings. The molecule has 0 radical (unpaired) electrons. The molecule has 140 valence electrons. The lowest BCUT2D eigenvalue weighted by Crippen LogP contribution is -2.42. The van der Waals surface area contributed by atoms with Gasteiger partial charge in [-0.05, 0) is 42.9 Å². The Labute approximate surface area is 160 Å². The molecule has 1 aromatic carbocycles. The minimum Gasteiger partial charge on any atom is -0.490 e. The number of amides is 1. The molecule has 1 aromatic heterocycles. The first-order valence-corrected chi connectivity index (χ1v) is 10.3. The van der Waals surface area contributed by atoms with E-state index in [0.29, 0.717) is 22.6 Å². The van der Waals surface area contributed by atoms with Crippen molar-refractivity contribution in [3.8, 4) is 5.75 Å². The predicted molar refractivity (Wildman–Crippen MR) is 101 cm³/mol. The number of thioether (sulfide) groups is 1. The first kappa shape index (κ1) is 19.1. The van der Waals surface area contributed by atoms with Crippen molar-refractivity contribution in [3.63, 3.8) is 0 Å². The van der Waals surface area contributed by atoms with Crippen LogP contribution in [0.25, 0.3) is 0 Å². The lowest BCUT2D eigenvalue weighted by molar-refractivity contribution is -0.117. The summed E-state index contributed by atoms with van der Waals surface area (Å²) >= 11 is 2.76. The lowest BCUT2D eigenvalue weighted by Gasteiger charge is -2.31. The van der Waals surface area contributed by atoms with E-state index < -0.39 is 0 Å². The van der Waals surface area contributed by atoms with Crippen molar-refractivity contribution < 1.29 is 13.9 Å². The zero-order chi connectivity index (χ0) is 18.4. The SMILES string of the molecule is CCSc1nsc(NC(=O)CN2CCC(Oc3ccc(F)cc3)CC2)n1. The van der Waals surface area contributed by atoms with Gasteiger partial charge >= 0.3 is 0 Å². The van der Waals surface area contributed by atoms with E-state index in [1.54, 1.807) is 23.9 Å². The van der Waals surface area contributed by atoms with Gasteiger partial charge in [0.05, 0.1) is 6.54 Å². The van der Waals surface area contributed by atoms with Gasteiger partial charge in [-0.15, -0.1) is 0 Å². The summed E-state index contributed by atoms with van der Waals surface area (Å²) in [6.07, 6.45) is 1.76. The molecule has 1 N–H and O–H groups in total. The van der Waals surface area contributed by atoms with E-state index in [0.717, 1.165) is 31.7 Å². The van der Waals surface area contributed by atoms with Crippen LogP contribution in [0, 0.1) is 5.82 Å². The molecule has 0 spiro atoms. The van der Waals surface area contributed by atoms with E-state index in [9.17, 15) is 9.18 Å². The van der Waals surface area contributed by atoms with Crippen LogP contribution in [-0.2, 0) is 4.79 Å². The van der Waals surface area contributed by atoms with Gasteiger partial charge in [0.25, 0.3) is 0 Å². The number of hydrogen-bond donors (Lipinski definition) is 1. The molecule has 0 aliphatic carbocycles. The normalized spacial score (nSPS) is 15.8. The monoisotopic (exact) mass is 396 g/mol. The molecule has 0 atom stereocenters. The summed E-state index contributed by atoms with van der Waals surface area (Å²) in [5, 5.41) is 4.05. The number of carbonyl (C=O) groups is 1. The number of hydrogen-bond acceptors (Lipinski definition) is 7. The third-order valence-electron chi connectivity index (χ3n) is 3.95.